The minimum atomic E-state index is -0.650. The number of carbonyl (C=O) groups excluding carboxylic acids is 1. The number of benzene rings is 1. The number of carbonyl (C=O) groups is 1. The molecule has 0 aromatic heterocycles. The van der Waals surface area contributed by atoms with Crippen molar-refractivity contribution in [2.45, 2.75) is 31.7 Å². The van der Waals surface area contributed by atoms with Crippen molar-refractivity contribution in [2.24, 2.45) is 0 Å². The molecule has 1 heterocycles. The number of halogens is 2. The molecule has 2 rings (SSSR count). The molecule has 1 amide bonds. The molecule has 6 heteroatoms. The van der Waals surface area contributed by atoms with E-state index in [1.54, 1.807) is 0 Å². The Morgan fingerprint density at radius 1 is 1.43 bits per heavy atom. The summed E-state index contributed by atoms with van der Waals surface area (Å²) in [6, 6.07) is 3.25. The Morgan fingerprint density at radius 2 is 2.24 bits per heavy atom. The molecule has 1 saturated heterocycles. The van der Waals surface area contributed by atoms with Gasteiger partial charge in [0, 0.05) is 18.7 Å². The van der Waals surface area contributed by atoms with Crippen molar-refractivity contribution in [2.75, 3.05) is 25.0 Å². The molecule has 1 aromatic carbocycles. The summed E-state index contributed by atoms with van der Waals surface area (Å²) in [6.45, 7) is 1.12. The van der Waals surface area contributed by atoms with Crippen molar-refractivity contribution in [3.63, 3.8) is 0 Å². The summed E-state index contributed by atoms with van der Waals surface area (Å²) in [5, 5.41) is 11.3. The smallest absolute Gasteiger partial charge is 0.238 e. The molecule has 1 fully saturated rings. The van der Waals surface area contributed by atoms with Crippen LogP contribution in [0.4, 0.5) is 14.5 Å². The molecule has 1 aliphatic rings. The van der Waals surface area contributed by atoms with E-state index in [0.29, 0.717) is 6.42 Å². The number of hydrogen-bond donors (Lipinski definition) is 2. The lowest BCUT2D eigenvalue weighted by molar-refractivity contribution is -0.117. The quantitative estimate of drug-likeness (QED) is 0.846. The van der Waals surface area contributed by atoms with E-state index >= 15 is 0 Å². The van der Waals surface area contributed by atoms with Gasteiger partial charge in [-0.05, 0) is 44.4 Å². The number of hydrogen-bond acceptors (Lipinski definition) is 3. The molecule has 0 spiro atoms. The Hall–Kier alpha value is -1.53. The Balaban J connectivity index is 1.90. The largest absolute Gasteiger partial charge is 0.396 e. The van der Waals surface area contributed by atoms with Gasteiger partial charge in [0.1, 0.15) is 11.6 Å². The molecule has 0 radical (unpaired) electrons. The minimum absolute atomic E-state index is 0.133. The fourth-order valence-electron chi connectivity index (χ4n) is 2.72. The molecular formula is C15H20F2N2O2. The normalized spacial score (nSPS) is 18.9. The van der Waals surface area contributed by atoms with E-state index in [2.05, 4.69) is 5.32 Å². The monoisotopic (exact) mass is 298 g/mol. The second-order valence-corrected chi connectivity index (χ2v) is 5.30. The van der Waals surface area contributed by atoms with Crippen molar-refractivity contribution >= 4 is 11.6 Å². The molecular weight excluding hydrogens is 278 g/mol. The second kappa shape index (κ2) is 7.47. The van der Waals surface area contributed by atoms with Gasteiger partial charge in [-0.1, -0.05) is 0 Å². The molecule has 1 atom stereocenters. The lowest BCUT2D eigenvalue weighted by Crippen LogP contribution is -2.37. The predicted octanol–water partition coefficient (Wildman–Crippen LogP) is 2.14. The highest BCUT2D eigenvalue weighted by Gasteiger charge is 2.25. The first-order valence-electron chi connectivity index (χ1n) is 7.20. The molecule has 0 bridgehead atoms. The van der Waals surface area contributed by atoms with Crippen LogP contribution in [-0.2, 0) is 4.79 Å². The first kappa shape index (κ1) is 15.9. The summed E-state index contributed by atoms with van der Waals surface area (Å²) < 4.78 is 26.5. The number of aliphatic hydroxyl groups is 1. The highest BCUT2D eigenvalue weighted by atomic mass is 19.1. The maximum absolute atomic E-state index is 13.5. The lowest BCUT2D eigenvalue weighted by Gasteiger charge is -2.23. The van der Waals surface area contributed by atoms with Gasteiger partial charge in [-0.3, -0.25) is 9.69 Å². The number of anilines is 1. The molecule has 2 N–H and O–H groups in total. The number of amides is 1. The summed E-state index contributed by atoms with van der Waals surface area (Å²) in [4.78, 5) is 14.0. The molecule has 21 heavy (non-hydrogen) atoms. The summed E-state index contributed by atoms with van der Waals surface area (Å²) >= 11 is 0. The van der Waals surface area contributed by atoms with Crippen LogP contribution in [0.5, 0.6) is 0 Å². The number of aliphatic hydroxyl groups excluding tert-OH is 1. The maximum Gasteiger partial charge on any atom is 0.238 e. The molecule has 1 aliphatic heterocycles. The fraction of sp³-hybridized carbons (Fsp3) is 0.533. The minimum Gasteiger partial charge on any atom is -0.396 e. The highest BCUT2D eigenvalue weighted by molar-refractivity contribution is 5.92. The summed E-state index contributed by atoms with van der Waals surface area (Å²) in [5.41, 5.74) is -0.133. The highest BCUT2D eigenvalue weighted by Crippen LogP contribution is 2.21. The second-order valence-electron chi connectivity index (χ2n) is 5.30. The van der Waals surface area contributed by atoms with Gasteiger partial charge in [-0.25, -0.2) is 8.78 Å². The lowest BCUT2D eigenvalue weighted by atomic mass is 10.1. The number of likely N-dealkylation sites (tertiary alicyclic amines) is 1. The Labute approximate surface area is 122 Å². The van der Waals surface area contributed by atoms with Crippen LogP contribution in [0.15, 0.2) is 18.2 Å². The fourth-order valence-corrected chi connectivity index (χ4v) is 2.72. The summed E-state index contributed by atoms with van der Waals surface area (Å²) in [5.74, 6) is -1.59. The molecule has 0 aliphatic carbocycles. The molecule has 1 unspecified atom stereocenters. The first-order chi connectivity index (χ1) is 10.1. The van der Waals surface area contributed by atoms with Crippen molar-refractivity contribution in [3.05, 3.63) is 29.8 Å². The topological polar surface area (TPSA) is 52.6 Å². The van der Waals surface area contributed by atoms with Crippen molar-refractivity contribution in [1.82, 2.24) is 4.90 Å². The van der Waals surface area contributed by atoms with Crippen LogP contribution in [0.1, 0.15) is 25.7 Å². The third-order valence-electron chi connectivity index (χ3n) is 3.74. The SMILES string of the molecule is O=C(CN1CCCC1CCCO)Nc1cc(F)ccc1F. The number of nitrogens with one attached hydrogen (secondary N) is 1. The zero-order valence-electron chi connectivity index (χ0n) is 11.8. The van der Waals surface area contributed by atoms with Gasteiger partial charge in [0.05, 0.1) is 12.2 Å². The van der Waals surface area contributed by atoms with Crippen LogP contribution >= 0.6 is 0 Å². The number of rotatable bonds is 6. The van der Waals surface area contributed by atoms with Crippen LogP contribution in [-0.4, -0.2) is 41.7 Å². The van der Waals surface area contributed by atoms with E-state index in [0.717, 1.165) is 44.0 Å². The molecule has 4 nitrogen and oxygen atoms in total. The summed E-state index contributed by atoms with van der Waals surface area (Å²) in [7, 11) is 0. The van der Waals surface area contributed by atoms with Gasteiger partial charge < -0.3 is 10.4 Å². The van der Waals surface area contributed by atoms with E-state index < -0.39 is 11.6 Å². The van der Waals surface area contributed by atoms with E-state index in [4.69, 9.17) is 5.11 Å². The van der Waals surface area contributed by atoms with Crippen molar-refractivity contribution < 1.29 is 18.7 Å². The molecule has 116 valence electrons. The van der Waals surface area contributed by atoms with Gasteiger partial charge >= 0.3 is 0 Å². The summed E-state index contributed by atoms with van der Waals surface area (Å²) in [6.07, 6.45) is 3.57. The average molecular weight is 298 g/mol. The predicted molar refractivity (Wildman–Crippen MR) is 75.9 cm³/mol. The van der Waals surface area contributed by atoms with Crippen LogP contribution in [0.3, 0.4) is 0 Å². The third kappa shape index (κ3) is 4.47. The number of nitrogens with zero attached hydrogens (tertiary/aromatic N) is 1. The Kier molecular flexibility index (Phi) is 5.64. The third-order valence-corrected chi connectivity index (χ3v) is 3.74. The van der Waals surface area contributed by atoms with Gasteiger partial charge in [0.25, 0.3) is 0 Å². The van der Waals surface area contributed by atoms with Crippen molar-refractivity contribution in [3.8, 4) is 0 Å². The first-order valence-corrected chi connectivity index (χ1v) is 7.20. The standard InChI is InChI=1S/C15H20F2N2O2/c16-11-5-6-13(17)14(9-11)18-15(21)10-19-7-1-3-12(19)4-2-8-20/h5-6,9,12,20H,1-4,7-8,10H2,(H,18,21). The van der Waals surface area contributed by atoms with E-state index in [-0.39, 0.29) is 30.8 Å². The maximum atomic E-state index is 13.5. The van der Waals surface area contributed by atoms with Crippen LogP contribution in [0.2, 0.25) is 0 Å². The Bertz CT molecular complexity index is 497. The zero-order chi connectivity index (χ0) is 15.2. The molecule has 1 aromatic rings. The van der Waals surface area contributed by atoms with E-state index in [9.17, 15) is 13.6 Å². The average Bonchev–Trinajstić information content (AvgIpc) is 2.87. The van der Waals surface area contributed by atoms with Crippen LogP contribution in [0.25, 0.3) is 0 Å². The van der Waals surface area contributed by atoms with Crippen LogP contribution in [0, 0.1) is 11.6 Å². The van der Waals surface area contributed by atoms with Gasteiger partial charge in [-0.2, -0.15) is 0 Å². The van der Waals surface area contributed by atoms with Gasteiger partial charge in [-0.15, -0.1) is 0 Å². The zero-order valence-corrected chi connectivity index (χ0v) is 11.8. The van der Waals surface area contributed by atoms with Gasteiger partial charge in [0.2, 0.25) is 5.91 Å². The van der Waals surface area contributed by atoms with E-state index in [1.165, 1.54) is 0 Å². The van der Waals surface area contributed by atoms with Gasteiger partial charge in [0.15, 0.2) is 0 Å². The van der Waals surface area contributed by atoms with Crippen LogP contribution < -0.4 is 5.32 Å². The van der Waals surface area contributed by atoms with Crippen molar-refractivity contribution in [1.29, 1.82) is 0 Å². The molecule has 0 saturated carbocycles. The van der Waals surface area contributed by atoms with E-state index in [1.807, 2.05) is 4.90 Å². The Morgan fingerprint density at radius 3 is 3.00 bits per heavy atom.